The van der Waals surface area contributed by atoms with Crippen molar-refractivity contribution < 1.29 is 5.11 Å². The van der Waals surface area contributed by atoms with E-state index in [2.05, 4.69) is 25.2 Å². The first kappa shape index (κ1) is 16.4. The van der Waals surface area contributed by atoms with E-state index in [-0.39, 0.29) is 6.61 Å². The summed E-state index contributed by atoms with van der Waals surface area (Å²) in [6, 6.07) is 0. The quantitative estimate of drug-likeness (QED) is 0.374. The second-order valence-corrected chi connectivity index (χ2v) is 4.60. The van der Waals surface area contributed by atoms with E-state index in [0.717, 1.165) is 12.8 Å². The van der Waals surface area contributed by atoms with E-state index >= 15 is 0 Å². The zero-order valence-electron chi connectivity index (χ0n) is 11.5. The molecule has 100 valence electrons. The van der Waals surface area contributed by atoms with Crippen LogP contribution in [0.5, 0.6) is 0 Å². The Morgan fingerprint density at radius 1 is 0.706 bits per heavy atom. The van der Waals surface area contributed by atoms with E-state index < -0.39 is 0 Å². The molecular formula is C16H30O. The molecule has 0 rings (SSSR count). The summed E-state index contributed by atoms with van der Waals surface area (Å²) in [7, 11) is 0. The third-order valence-electron chi connectivity index (χ3n) is 2.88. The molecule has 0 aromatic heterocycles. The van der Waals surface area contributed by atoms with Crippen LogP contribution in [0.4, 0.5) is 0 Å². The lowest BCUT2D eigenvalue weighted by Gasteiger charge is -1.98. The van der Waals surface area contributed by atoms with Gasteiger partial charge in [-0.25, -0.2) is 0 Å². The van der Waals surface area contributed by atoms with Crippen LogP contribution in [0.25, 0.3) is 0 Å². The van der Waals surface area contributed by atoms with Gasteiger partial charge in [-0.05, 0) is 25.7 Å². The average Bonchev–Trinajstić information content (AvgIpc) is 2.35. The van der Waals surface area contributed by atoms with Crippen molar-refractivity contribution >= 4 is 0 Å². The molecule has 1 heteroatoms. The molecule has 0 saturated carbocycles. The first-order chi connectivity index (χ1) is 8.41. The fourth-order valence-electron chi connectivity index (χ4n) is 1.80. The molecule has 1 N–H and O–H groups in total. The molecule has 0 aromatic carbocycles. The van der Waals surface area contributed by atoms with E-state index in [1.807, 2.05) is 6.08 Å². The molecule has 17 heavy (non-hydrogen) atoms. The first-order valence-corrected chi connectivity index (χ1v) is 7.32. The van der Waals surface area contributed by atoms with E-state index in [1.54, 1.807) is 0 Å². The van der Waals surface area contributed by atoms with E-state index in [0.29, 0.717) is 0 Å². The topological polar surface area (TPSA) is 20.2 Å². The van der Waals surface area contributed by atoms with Crippen LogP contribution in [0.15, 0.2) is 24.3 Å². The van der Waals surface area contributed by atoms with Crippen LogP contribution in [-0.2, 0) is 0 Å². The van der Waals surface area contributed by atoms with Crippen molar-refractivity contribution in [1.29, 1.82) is 0 Å². The van der Waals surface area contributed by atoms with Gasteiger partial charge in [0.25, 0.3) is 0 Å². The van der Waals surface area contributed by atoms with Gasteiger partial charge in [0, 0.05) is 6.61 Å². The van der Waals surface area contributed by atoms with Crippen LogP contribution in [-0.4, -0.2) is 11.7 Å². The van der Waals surface area contributed by atoms with Crippen molar-refractivity contribution in [2.45, 2.75) is 71.1 Å². The highest BCUT2D eigenvalue weighted by Gasteiger charge is 1.88. The van der Waals surface area contributed by atoms with Crippen molar-refractivity contribution in [3.8, 4) is 0 Å². The van der Waals surface area contributed by atoms with Gasteiger partial charge in [-0.15, -0.1) is 0 Å². The molecule has 0 fully saturated rings. The summed E-state index contributed by atoms with van der Waals surface area (Å²) in [4.78, 5) is 0. The predicted molar refractivity (Wildman–Crippen MR) is 77.2 cm³/mol. The average molecular weight is 238 g/mol. The van der Waals surface area contributed by atoms with Crippen LogP contribution in [0, 0.1) is 0 Å². The second kappa shape index (κ2) is 15.4. The minimum absolute atomic E-state index is 0.262. The molecule has 0 aromatic rings. The highest BCUT2D eigenvalue weighted by atomic mass is 16.2. The molecular weight excluding hydrogens is 208 g/mol. The number of hydrogen-bond donors (Lipinski definition) is 1. The molecule has 0 amide bonds. The van der Waals surface area contributed by atoms with Crippen molar-refractivity contribution in [3.05, 3.63) is 24.3 Å². The van der Waals surface area contributed by atoms with Gasteiger partial charge in [0.15, 0.2) is 0 Å². The zero-order chi connectivity index (χ0) is 12.6. The molecule has 0 aliphatic rings. The van der Waals surface area contributed by atoms with Gasteiger partial charge in [0.05, 0.1) is 0 Å². The fraction of sp³-hybridized carbons (Fsp3) is 0.750. The third-order valence-corrected chi connectivity index (χ3v) is 2.88. The SMILES string of the molecule is CCCCCCCCCC=CCC=CCCO. The third kappa shape index (κ3) is 15.4. The van der Waals surface area contributed by atoms with Crippen LogP contribution in [0.3, 0.4) is 0 Å². The number of rotatable bonds is 12. The van der Waals surface area contributed by atoms with Gasteiger partial charge in [-0.1, -0.05) is 69.8 Å². The van der Waals surface area contributed by atoms with Crippen molar-refractivity contribution in [3.63, 3.8) is 0 Å². The zero-order valence-corrected chi connectivity index (χ0v) is 11.5. The minimum Gasteiger partial charge on any atom is -0.396 e. The molecule has 0 heterocycles. The second-order valence-electron chi connectivity index (χ2n) is 4.60. The summed E-state index contributed by atoms with van der Waals surface area (Å²) in [6.45, 7) is 2.53. The van der Waals surface area contributed by atoms with Gasteiger partial charge in [-0.2, -0.15) is 0 Å². The Morgan fingerprint density at radius 3 is 1.94 bits per heavy atom. The number of unbranched alkanes of at least 4 members (excludes halogenated alkanes) is 7. The van der Waals surface area contributed by atoms with Crippen molar-refractivity contribution in [2.75, 3.05) is 6.61 Å². The summed E-state index contributed by atoms with van der Waals surface area (Å²) >= 11 is 0. The van der Waals surface area contributed by atoms with E-state index in [4.69, 9.17) is 5.11 Å². The molecule has 0 saturated heterocycles. The molecule has 1 nitrogen and oxygen atoms in total. The Morgan fingerprint density at radius 2 is 1.29 bits per heavy atom. The Balaban J connectivity index is 3.08. The molecule has 0 unspecified atom stereocenters. The monoisotopic (exact) mass is 238 g/mol. The largest absolute Gasteiger partial charge is 0.396 e. The molecule has 0 aliphatic heterocycles. The van der Waals surface area contributed by atoms with Crippen LogP contribution in [0.2, 0.25) is 0 Å². The lowest BCUT2D eigenvalue weighted by Crippen LogP contribution is -1.78. The smallest absolute Gasteiger partial charge is 0.0465 e. The summed E-state index contributed by atoms with van der Waals surface area (Å²) < 4.78 is 0. The van der Waals surface area contributed by atoms with E-state index in [9.17, 15) is 0 Å². The van der Waals surface area contributed by atoms with Crippen molar-refractivity contribution in [1.82, 2.24) is 0 Å². The summed E-state index contributed by atoms with van der Waals surface area (Å²) in [5.74, 6) is 0. The molecule has 0 atom stereocenters. The Labute approximate surface area is 108 Å². The number of hydrogen-bond acceptors (Lipinski definition) is 1. The number of aliphatic hydroxyl groups is 1. The lowest BCUT2D eigenvalue weighted by molar-refractivity contribution is 0.302. The Bertz CT molecular complexity index is 182. The summed E-state index contributed by atoms with van der Waals surface area (Å²) in [5, 5.41) is 8.57. The molecule has 0 aliphatic carbocycles. The highest BCUT2D eigenvalue weighted by Crippen LogP contribution is 2.08. The maximum atomic E-state index is 8.57. The van der Waals surface area contributed by atoms with E-state index in [1.165, 1.54) is 51.4 Å². The standard InChI is InChI=1S/C16H30O/c1-2-3-4-5-6-7-8-9-10-11-12-13-14-15-16-17/h10-11,13-14,17H,2-9,12,15-16H2,1H3. The first-order valence-electron chi connectivity index (χ1n) is 7.32. The highest BCUT2D eigenvalue weighted by molar-refractivity contribution is 4.92. The Kier molecular flexibility index (Phi) is 14.9. The van der Waals surface area contributed by atoms with Gasteiger partial charge < -0.3 is 5.11 Å². The maximum Gasteiger partial charge on any atom is 0.0465 e. The van der Waals surface area contributed by atoms with Crippen molar-refractivity contribution in [2.24, 2.45) is 0 Å². The minimum atomic E-state index is 0.262. The summed E-state index contributed by atoms with van der Waals surface area (Å²) in [6.07, 6.45) is 21.4. The molecule has 0 spiro atoms. The number of allylic oxidation sites excluding steroid dienone is 3. The van der Waals surface area contributed by atoms with Gasteiger partial charge in [0.1, 0.15) is 0 Å². The van der Waals surface area contributed by atoms with Crippen LogP contribution < -0.4 is 0 Å². The summed E-state index contributed by atoms with van der Waals surface area (Å²) in [5.41, 5.74) is 0. The predicted octanol–water partition coefficient (Wildman–Crippen LogP) is 5.01. The van der Waals surface area contributed by atoms with Crippen LogP contribution in [0.1, 0.15) is 71.1 Å². The van der Waals surface area contributed by atoms with Gasteiger partial charge in [0.2, 0.25) is 0 Å². The molecule has 0 radical (unpaired) electrons. The number of aliphatic hydroxyl groups excluding tert-OH is 1. The van der Waals surface area contributed by atoms with Gasteiger partial charge in [-0.3, -0.25) is 0 Å². The molecule has 0 bridgehead atoms. The fourth-order valence-corrected chi connectivity index (χ4v) is 1.80. The normalized spacial score (nSPS) is 11.9. The van der Waals surface area contributed by atoms with Gasteiger partial charge >= 0.3 is 0 Å². The lowest BCUT2D eigenvalue weighted by atomic mass is 10.1. The van der Waals surface area contributed by atoms with Crippen LogP contribution >= 0.6 is 0 Å². The Hall–Kier alpha value is -0.560. The maximum absolute atomic E-state index is 8.57.